The van der Waals surface area contributed by atoms with Gasteiger partial charge >= 0.3 is 0 Å². The zero-order chi connectivity index (χ0) is 10.6. The molecule has 5 heteroatoms. The van der Waals surface area contributed by atoms with Crippen molar-refractivity contribution in [1.29, 1.82) is 0 Å². The molecule has 0 aliphatic rings. The van der Waals surface area contributed by atoms with E-state index in [-0.39, 0.29) is 6.61 Å². The van der Waals surface area contributed by atoms with Gasteiger partial charge in [-0.05, 0) is 12.1 Å². The van der Waals surface area contributed by atoms with Gasteiger partial charge in [0, 0.05) is 10.0 Å². The highest BCUT2D eigenvalue weighted by atomic mass is 79.9. The Labute approximate surface area is 91.0 Å². The molecule has 0 aromatic heterocycles. The van der Waals surface area contributed by atoms with Gasteiger partial charge in [-0.1, -0.05) is 15.9 Å². The third-order valence-electron chi connectivity index (χ3n) is 1.82. The van der Waals surface area contributed by atoms with Crippen molar-refractivity contribution < 1.29 is 14.3 Å². The minimum absolute atomic E-state index is 0.265. The van der Waals surface area contributed by atoms with Gasteiger partial charge in [-0.15, -0.1) is 0 Å². The molecular weight excluding hydrogens is 250 g/mol. The standard InChI is InChI=1S/C9H12BrNO3/c1-12-8-4-3-7(10)6(5-14-11)9(8)13-2/h3-4H,5,11H2,1-2H3. The lowest BCUT2D eigenvalue weighted by Crippen LogP contribution is -2.03. The van der Waals surface area contributed by atoms with Crippen LogP contribution in [0.3, 0.4) is 0 Å². The lowest BCUT2D eigenvalue weighted by molar-refractivity contribution is 0.121. The topological polar surface area (TPSA) is 53.7 Å². The maximum Gasteiger partial charge on any atom is 0.167 e. The Balaban J connectivity index is 3.20. The van der Waals surface area contributed by atoms with E-state index in [9.17, 15) is 0 Å². The zero-order valence-electron chi connectivity index (χ0n) is 8.04. The van der Waals surface area contributed by atoms with Crippen LogP contribution in [0, 0.1) is 0 Å². The second kappa shape index (κ2) is 5.19. The van der Waals surface area contributed by atoms with Crippen LogP contribution in [0.15, 0.2) is 16.6 Å². The summed E-state index contributed by atoms with van der Waals surface area (Å²) in [4.78, 5) is 4.59. The summed E-state index contributed by atoms with van der Waals surface area (Å²) >= 11 is 3.38. The fourth-order valence-corrected chi connectivity index (χ4v) is 1.61. The monoisotopic (exact) mass is 261 g/mol. The summed E-state index contributed by atoms with van der Waals surface area (Å²) in [5.41, 5.74) is 0.828. The van der Waals surface area contributed by atoms with Crippen LogP contribution >= 0.6 is 15.9 Å². The molecule has 4 nitrogen and oxygen atoms in total. The van der Waals surface area contributed by atoms with Crippen molar-refractivity contribution in [3.8, 4) is 11.5 Å². The molecule has 0 saturated carbocycles. The molecule has 0 fully saturated rings. The van der Waals surface area contributed by atoms with E-state index in [1.165, 1.54) is 0 Å². The molecular formula is C9H12BrNO3. The van der Waals surface area contributed by atoms with Crippen LogP contribution in [-0.2, 0) is 11.4 Å². The van der Waals surface area contributed by atoms with Gasteiger partial charge in [-0.3, -0.25) is 4.84 Å². The second-order valence-electron chi connectivity index (χ2n) is 2.57. The Hall–Kier alpha value is -0.780. The van der Waals surface area contributed by atoms with E-state index in [1.807, 2.05) is 12.1 Å². The summed E-state index contributed by atoms with van der Waals surface area (Å²) < 4.78 is 11.2. The van der Waals surface area contributed by atoms with Gasteiger partial charge < -0.3 is 9.47 Å². The predicted molar refractivity (Wildman–Crippen MR) is 56.2 cm³/mol. The fraction of sp³-hybridized carbons (Fsp3) is 0.333. The Bertz CT molecular complexity index is 317. The van der Waals surface area contributed by atoms with E-state index in [0.29, 0.717) is 11.5 Å². The summed E-state index contributed by atoms with van der Waals surface area (Å²) in [6, 6.07) is 3.67. The van der Waals surface area contributed by atoms with E-state index in [4.69, 9.17) is 15.4 Å². The molecule has 1 aromatic carbocycles. The van der Waals surface area contributed by atoms with Crippen LogP contribution in [-0.4, -0.2) is 14.2 Å². The van der Waals surface area contributed by atoms with E-state index >= 15 is 0 Å². The molecule has 0 spiro atoms. The summed E-state index contributed by atoms with van der Waals surface area (Å²) in [5, 5.41) is 0. The fourth-order valence-electron chi connectivity index (χ4n) is 1.18. The molecule has 0 bridgehead atoms. The molecule has 0 radical (unpaired) electrons. The van der Waals surface area contributed by atoms with Gasteiger partial charge in [0.15, 0.2) is 11.5 Å². The summed E-state index contributed by atoms with van der Waals surface area (Å²) in [5.74, 6) is 6.31. The molecule has 78 valence electrons. The second-order valence-corrected chi connectivity index (χ2v) is 3.43. The van der Waals surface area contributed by atoms with Crippen LogP contribution in [0.5, 0.6) is 11.5 Å². The predicted octanol–water partition coefficient (Wildman–Crippen LogP) is 1.86. The molecule has 1 aromatic rings. The maximum absolute atomic E-state index is 5.21. The van der Waals surface area contributed by atoms with Crippen molar-refractivity contribution in [1.82, 2.24) is 0 Å². The highest BCUT2D eigenvalue weighted by molar-refractivity contribution is 9.10. The first-order valence-electron chi connectivity index (χ1n) is 3.95. The highest BCUT2D eigenvalue weighted by Crippen LogP contribution is 2.36. The van der Waals surface area contributed by atoms with Crippen molar-refractivity contribution in [2.45, 2.75) is 6.61 Å². The number of rotatable bonds is 4. The van der Waals surface area contributed by atoms with E-state index < -0.39 is 0 Å². The molecule has 0 heterocycles. The molecule has 0 saturated heterocycles. The van der Waals surface area contributed by atoms with Crippen molar-refractivity contribution in [2.75, 3.05) is 14.2 Å². The Kier molecular flexibility index (Phi) is 4.19. The average molecular weight is 262 g/mol. The van der Waals surface area contributed by atoms with Crippen LogP contribution in [0.25, 0.3) is 0 Å². The minimum Gasteiger partial charge on any atom is -0.493 e. The van der Waals surface area contributed by atoms with Gasteiger partial charge in [0.2, 0.25) is 0 Å². The first-order valence-corrected chi connectivity index (χ1v) is 4.75. The molecule has 1 rings (SSSR count). The molecule has 0 atom stereocenters. The average Bonchev–Trinajstić information content (AvgIpc) is 2.21. The van der Waals surface area contributed by atoms with Gasteiger partial charge in [-0.2, -0.15) is 0 Å². The van der Waals surface area contributed by atoms with E-state index in [1.54, 1.807) is 14.2 Å². The lowest BCUT2D eigenvalue weighted by Gasteiger charge is -2.13. The molecule has 0 unspecified atom stereocenters. The van der Waals surface area contributed by atoms with Crippen molar-refractivity contribution >= 4 is 15.9 Å². The largest absolute Gasteiger partial charge is 0.493 e. The quantitative estimate of drug-likeness (QED) is 0.841. The normalized spacial score (nSPS) is 10.0. The van der Waals surface area contributed by atoms with Crippen molar-refractivity contribution in [3.05, 3.63) is 22.2 Å². The highest BCUT2D eigenvalue weighted by Gasteiger charge is 2.13. The molecule has 0 aliphatic heterocycles. The lowest BCUT2D eigenvalue weighted by atomic mass is 10.2. The number of hydrogen-bond donors (Lipinski definition) is 1. The minimum atomic E-state index is 0.265. The smallest absolute Gasteiger partial charge is 0.167 e. The molecule has 0 aliphatic carbocycles. The molecule has 2 N–H and O–H groups in total. The Morgan fingerprint density at radius 2 is 2.00 bits per heavy atom. The van der Waals surface area contributed by atoms with Crippen molar-refractivity contribution in [3.63, 3.8) is 0 Å². The summed E-state index contributed by atoms with van der Waals surface area (Å²) in [6.45, 7) is 0.265. The third-order valence-corrected chi connectivity index (χ3v) is 2.56. The van der Waals surface area contributed by atoms with E-state index in [2.05, 4.69) is 20.8 Å². The van der Waals surface area contributed by atoms with Crippen LogP contribution in [0.4, 0.5) is 0 Å². The third kappa shape index (κ3) is 2.17. The summed E-state index contributed by atoms with van der Waals surface area (Å²) in [6.07, 6.45) is 0. The van der Waals surface area contributed by atoms with Crippen LogP contribution in [0.2, 0.25) is 0 Å². The van der Waals surface area contributed by atoms with Crippen molar-refractivity contribution in [2.24, 2.45) is 5.90 Å². The SMILES string of the molecule is COc1ccc(Br)c(CON)c1OC. The number of methoxy groups -OCH3 is 2. The Morgan fingerprint density at radius 3 is 2.50 bits per heavy atom. The summed E-state index contributed by atoms with van der Waals surface area (Å²) in [7, 11) is 3.16. The number of benzene rings is 1. The van der Waals surface area contributed by atoms with Gasteiger partial charge in [-0.25, -0.2) is 5.90 Å². The molecule has 14 heavy (non-hydrogen) atoms. The maximum atomic E-state index is 5.21. The number of halogens is 1. The van der Waals surface area contributed by atoms with Crippen LogP contribution in [0.1, 0.15) is 5.56 Å². The number of nitrogens with two attached hydrogens (primary N) is 1. The first-order chi connectivity index (χ1) is 6.74. The zero-order valence-corrected chi connectivity index (χ0v) is 9.63. The Morgan fingerprint density at radius 1 is 1.29 bits per heavy atom. The van der Waals surface area contributed by atoms with Gasteiger partial charge in [0.25, 0.3) is 0 Å². The number of ether oxygens (including phenoxy) is 2. The van der Waals surface area contributed by atoms with Crippen LogP contribution < -0.4 is 15.4 Å². The van der Waals surface area contributed by atoms with E-state index in [0.717, 1.165) is 10.0 Å². The van der Waals surface area contributed by atoms with Gasteiger partial charge in [0.1, 0.15) is 0 Å². The number of hydrogen-bond acceptors (Lipinski definition) is 4. The molecule has 0 amide bonds. The van der Waals surface area contributed by atoms with Gasteiger partial charge in [0.05, 0.1) is 20.8 Å². The first kappa shape index (κ1) is 11.3.